The molecule has 1 aliphatic rings. The van der Waals surface area contributed by atoms with Crippen molar-refractivity contribution < 1.29 is 28.7 Å². The van der Waals surface area contributed by atoms with E-state index in [0.717, 1.165) is 22.2 Å². The molecule has 3 aromatic rings. The van der Waals surface area contributed by atoms with Crippen molar-refractivity contribution in [2.24, 2.45) is 0 Å². The molecule has 1 saturated heterocycles. The van der Waals surface area contributed by atoms with Crippen molar-refractivity contribution in [3.63, 3.8) is 0 Å². The Bertz CT molecular complexity index is 1360. The Morgan fingerprint density at radius 2 is 1.85 bits per heavy atom. The zero-order chi connectivity index (χ0) is 24.4. The number of anilines is 1. The van der Waals surface area contributed by atoms with Crippen molar-refractivity contribution >= 4 is 46.5 Å². The topological polar surface area (TPSA) is 117 Å². The molecule has 0 aliphatic carbocycles. The Kier molecular flexibility index (Phi) is 6.38. The van der Waals surface area contributed by atoms with E-state index in [0.29, 0.717) is 28.3 Å². The van der Waals surface area contributed by atoms with E-state index in [9.17, 15) is 24.3 Å². The van der Waals surface area contributed by atoms with Crippen LogP contribution < -0.4 is 5.32 Å². The Labute approximate surface area is 199 Å². The quantitative estimate of drug-likeness (QED) is 0.484. The Hall–Kier alpha value is -4.11. The maximum atomic E-state index is 12.7. The highest BCUT2D eigenvalue weighted by Crippen LogP contribution is 2.34. The fourth-order valence-electron chi connectivity index (χ4n) is 3.54. The number of nitrogens with zero attached hydrogens (tertiary/aromatic N) is 1. The van der Waals surface area contributed by atoms with Crippen molar-refractivity contribution in [3.05, 3.63) is 82.0 Å². The number of carboxylic acid groups (broad SMARTS) is 1. The van der Waals surface area contributed by atoms with Crippen LogP contribution in [-0.2, 0) is 9.59 Å². The van der Waals surface area contributed by atoms with Gasteiger partial charge in [-0.2, -0.15) is 0 Å². The Morgan fingerprint density at radius 3 is 2.59 bits per heavy atom. The van der Waals surface area contributed by atoms with Crippen LogP contribution in [0.2, 0.25) is 0 Å². The van der Waals surface area contributed by atoms with Gasteiger partial charge in [0.2, 0.25) is 5.91 Å². The first-order valence-electron chi connectivity index (χ1n) is 10.3. The molecular formula is C25H20N2O6S. The number of benzene rings is 2. The maximum Gasteiger partial charge on any atom is 0.335 e. The molecule has 2 heterocycles. The minimum absolute atomic E-state index is 0.130. The second-order valence-corrected chi connectivity index (χ2v) is 8.66. The van der Waals surface area contributed by atoms with Gasteiger partial charge in [0.25, 0.3) is 11.1 Å². The molecule has 1 aromatic heterocycles. The molecule has 8 nitrogen and oxygen atoms in total. The minimum Gasteiger partial charge on any atom is -0.478 e. The van der Waals surface area contributed by atoms with Gasteiger partial charge in [0, 0.05) is 17.3 Å². The van der Waals surface area contributed by atoms with Gasteiger partial charge in [0.15, 0.2) is 0 Å². The zero-order valence-electron chi connectivity index (χ0n) is 18.3. The molecule has 0 saturated carbocycles. The van der Waals surface area contributed by atoms with Gasteiger partial charge >= 0.3 is 5.97 Å². The summed E-state index contributed by atoms with van der Waals surface area (Å²) >= 11 is 0.723. The van der Waals surface area contributed by atoms with Crippen LogP contribution in [0.1, 0.15) is 27.2 Å². The number of thioether (sulfide) groups is 1. The third-order valence-corrected chi connectivity index (χ3v) is 6.11. The zero-order valence-corrected chi connectivity index (χ0v) is 19.1. The summed E-state index contributed by atoms with van der Waals surface area (Å²) in [5, 5.41) is 11.5. The lowest BCUT2D eigenvalue weighted by Crippen LogP contribution is -2.36. The predicted octanol–water partition coefficient (Wildman–Crippen LogP) is 4.94. The third kappa shape index (κ3) is 4.79. The van der Waals surface area contributed by atoms with Gasteiger partial charge in [-0.05, 0) is 67.1 Å². The van der Waals surface area contributed by atoms with Gasteiger partial charge in [-0.15, -0.1) is 0 Å². The fourth-order valence-corrected chi connectivity index (χ4v) is 4.36. The molecule has 3 amide bonds. The molecular weight excluding hydrogens is 456 g/mol. The molecule has 1 aliphatic heterocycles. The first-order valence-corrected chi connectivity index (χ1v) is 11.1. The molecule has 34 heavy (non-hydrogen) atoms. The molecule has 0 bridgehead atoms. The van der Waals surface area contributed by atoms with Crippen LogP contribution in [0, 0.1) is 13.8 Å². The third-order valence-electron chi connectivity index (χ3n) is 5.21. The lowest BCUT2D eigenvalue weighted by molar-refractivity contribution is -0.127. The number of amides is 3. The van der Waals surface area contributed by atoms with Gasteiger partial charge in [0.05, 0.1) is 10.5 Å². The molecule has 2 N–H and O–H groups in total. The highest BCUT2D eigenvalue weighted by atomic mass is 32.2. The van der Waals surface area contributed by atoms with Crippen molar-refractivity contribution in [3.8, 4) is 11.3 Å². The van der Waals surface area contributed by atoms with Crippen LogP contribution in [0.4, 0.5) is 10.5 Å². The summed E-state index contributed by atoms with van der Waals surface area (Å²) in [6, 6.07) is 15.4. The number of rotatable bonds is 6. The first kappa shape index (κ1) is 23.1. The number of carbonyl (C=O) groups excluding carboxylic acids is 3. The highest BCUT2D eigenvalue weighted by molar-refractivity contribution is 8.18. The number of carboxylic acids is 1. The average Bonchev–Trinajstić information content (AvgIpc) is 3.34. The summed E-state index contributed by atoms with van der Waals surface area (Å²) in [7, 11) is 0. The van der Waals surface area contributed by atoms with E-state index in [1.54, 1.807) is 49.4 Å². The van der Waals surface area contributed by atoms with Gasteiger partial charge in [0.1, 0.15) is 18.1 Å². The number of aryl methyl sites for hydroxylation is 1. The van der Waals surface area contributed by atoms with Gasteiger partial charge < -0.3 is 14.8 Å². The van der Waals surface area contributed by atoms with E-state index >= 15 is 0 Å². The highest BCUT2D eigenvalue weighted by Gasteiger charge is 2.36. The molecule has 0 unspecified atom stereocenters. The summed E-state index contributed by atoms with van der Waals surface area (Å²) in [5.41, 5.74) is 2.88. The second kappa shape index (κ2) is 9.40. The number of hydrogen-bond acceptors (Lipinski definition) is 6. The van der Waals surface area contributed by atoms with E-state index in [2.05, 4.69) is 5.32 Å². The number of imide groups is 1. The molecule has 2 aromatic carbocycles. The molecule has 0 spiro atoms. The van der Waals surface area contributed by atoms with E-state index in [4.69, 9.17) is 4.42 Å². The SMILES string of the molecule is Cc1cccc(NC(=O)CN2C(=O)S/C(=C\c3ccc(-c4cccc(C(=O)O)c4C)o3)C2=O)c1. The number of nitrogens with one attached hydrogen (secondary N) is 1. The monoisotopic (exact) mass is 476 g/mol. The Balaban J connectivity index is 1.49. The summed E-state index contributed by atoms with van der Waals surface area (Å²) in [5.74, 6) is -1.35. The Morgan fingerprint density at radius 1 is 1.09 bits per heavy atom. The maximum absolute atomic E-state index is 12.7. The van der Waals surface area contributed by atoms with Crippen LogP contribution >= 0.6 is 11.8 Å². The second-order valence-electron chi connectivity index (χ2n) is 7.67. The van der Waals surface area contributed by atoms with E-state index in [-0.39, 0.29) is 10.5 Å². The standard InChI is InChI=1S/C25H20N2O6S/c1-14-5-3-6-16(11-14)26-22(28)13-27-23(29)21(34-25(27)32)12-17-9-10-20(33-17)18-7-4-8-19(15(18)2)24(30)31/h3-12H,13H2,1-2H3,(H,26,28)(H,30,31)/b21-12-. The van der Waals surface area contributed by atoms with E-state index in [1.165, 1.54) is 12.1 Å². The van der Waals surface area contributed by atoms with Crippen LogP contribution in [0.15, 0.2) is 63.9 Å². The number of furan rings is 1. The van der Waals surface area contributed by atoms with E-state index in [1.807, 2.05) is 13.0 Å². The normalized spacial score (nSPS) is 14.6. The summed E-state index contributed by atoms with van der Waals surface area (Å²) in [4.78, 5) is 49.9. The number of carbonyl (C=O) groups is 4. The molecule has 0 atom stereocenters. The molecule has 172 valence electrons. The lowest BCUT2D eigenvalue weighted by atomic mass is 10.0. The summed E-state index contributed by atoms with van der Waals surface area (Å²) < 4.78 is 5.79. The van der Waals surface area contributed by atoms with Crippen LogP contribution in [-0.4, -0.2) is 39.6 Å². The predicted molar refractivity (Wildman–Crippen MR) is 128 cm³/mol. The first-order chi connectivity index (χ1) is 16.2. The minimum atomic E-state index is -1.04. The average molecular weight is 477 g/mol. The lowest BCUT2D eigenvalue weighted by Gasteiger charge is -2.12. The largest absolute Gasteiger partial charge is 0.478 e. The van der Waals surface area contributed by atoms with Crippen molar-refractivity contribution in [2.45, 2.75) is 13.8 Å². The molecule has 4 rings (SSSR count). The van der Waals surface area contributed by atoms with Gasteiger partial charge in [-0.3, -0.25) is 19.3 Å². The number of hydrogen-bond donors (Lipinski definition) is 2. The van der Waals surface area contributed by atoms with E-state index < -0.39 is 29.6 Å². The van der Waals surface area contributed by atoms with Crippen LogP contribution in [0.25, 0.3) is 17.4 Å². The van der Waals surface area contributed by atoms with Crippen molar-refractivity contribution in [1.82, 2.24) is 4.90 Å². The summed E-state index contributed by atoms with van der Waals surface area (Å²) in [6.45, 7) is 3.18. The molecule has 9 heteroatoms. The molecule has 0 radical (unpaired) electrons. The van der Waals surface area contributed by atoms with Crippen LogP contribution in [0.5, 0.6) is 0 Å². The van der Waals surface area contributed by atoms with Gasteiger partial charge in [-0.25, -0.2) is 4.79 Å². The smallest absolute Gasteiger partial charge is 0.335 e. The van der Waals surface area contributed by atoms with Gasteiger partial charge in [-0.1, -0.05) is 24.3 Å². The number of aromatic carboxylic acids is 1. The van der Waals surface area contributed by atoms with Crippen molar-refractivity contribution in [1.29, 1.82) is 0 Å². The van der Waals surface area contributed by atoms with Crippen molar-refractivity contribution in [2.75, 3.05) is 11.9 Å². The fraction of sp³-hybridized carbons (Fsp3) is 0.120. The summed E-state index contributed by atoms with van der Waals surface area (Å²) in [6.07, 6.45) is 1.43. The molecule has 1 fully saturated rings. The van der Waals surface area contributed by atoms with Crippen LogP contribution in [0.3, 0.4) is 0 Å².